The van der Waals surface area contributed by atoms with Crippen molar-refractivity contribution in [1.82, 2.24) is 5.32 Å². The summed E-state index contributed by atoms with van der Waals surface area (Å²) in [4.78, 5) is 0. The van der Waals surface area contributed by atoms with E-state index in [1.54, 1.807) is 0 Å². The molecule has 0 saturated carbocycles. The summed E-state index contributed by atoms with van der Waals surface area (Å²) in [5, 5.41) is 3.27. The zero-order valence-corrected chi connectivity index (χ0v) is 9.40. The predicted octanol–water partition coefficient (Wildman–Crippen LogP) is 2.14. The maximum Gasteiger partial charge on any atom is 0.163 e. The van der Waals surface area contributed by atoms with E-state index in [-0.39, 0.29) is 0 Å². The van der Waals surface area contributed by atoms with Crippen molar-refractivity contribution in [3.63, 3.8) is 0 Å². The third-order valence-electron chi connectivity index (χ3n) is 2.11. The molecule has 0 atom stereocenters. The summed E-state index contributed by atoms with van der Waals surface area (Å²) in [6, 6.07) is 8.48. The molecule has 0 unspecified atom stereocenters. The van der Waals surface area contributed by atoms with Crippen LogP contribution in [0.3, 0.4) is 0 Å². The maximum absolute atomic E-state index is 5.34. The van der Waals surface area contributed by atoms with Crippen molar-refractivity contribution in [3.05, 3.63) is 35.4 Å². The van der Waals surface area contributed by atoms with Crippen LogP contribution in [0, 0.1) is 0 Å². The lowest BCUT2D eigenvalue weighted by atomic mass is 10.0. The van der Waals surface area contributed by atoms with Crippen LogP contribution in [0.1, 0.15) is 30.9 Å². The molecule has 3 heteroatoms. The molecule has 0 aromatic heterocycles. The second-order valence-corrected chi connectivity index (χ2v) is 4.05. The molecule has 0 aliphatic carbocycles. The largest absolute Gasteiger partial charge is 0.376 e. The van der Waals surface area contributed by atoms with E-state index in [1.807, 2.05) is 0 Å². The molecule has 0 spiro atoms. The molecule has 0 heterocycles. The van der Waals surface area contributed by atoms with E-state index in [1.165, 1.54) is 11.1 Å². The quantitative estimate of drug-likeness (QED) is 0.747. The predicted molar refractivity (Wildman–Crippen MR) is 64.2 cm³/mol. The monoisotopic (exact) mass is 208 g/mol. The van der Waals surface area contributed by atoms with Gasteiger partial charge in [-0.05, 0) is 29.3 Å². The minimum Gasteiger partial charge on any atom is -0.376 e. The van der Waals surface area contributed by atoms with Crippen molar-refractivity contribution in [2.24, 2.45) is 5.73 Å². The second kappa shape index (κ2) is 4.96. The van der Waals surface area contributed by atoms with Crippen LogP contribution in [0.4, 0.5) is 0 Å². The lowest BCUT2D eigenvalue weighted by molar-refractivity contribution is 0.860. The van der Waals surface area contributed by atoms with Gasteiger partial charge < -0.3 is 11.1 Å². The third kappa shape index (κ3) is 3.34. The van der Waals surface area contributed by atoms with Gasteiger partial charge in [0.25, 0.3) is 0 Å². The van der Waals surface area contributed by atoms with E-state index in [2.05, 4.69) is 43.4 Å². The van der Waals surface area contributed by atoms with E-state index >= 15 is 0 Å². The van der Waals surface area contributed by atoms with Gasteiger partial charge in [0.2, 0.25) is 0 Å². The highest BCUT2D eigenvalue weighted by atomic mass is 32.1. The first-order valence-corrected chi connectivity index (χ1v) is 5.12. The Morgan fingerprint density at radius 3 is 2.36 bits per heavy atom. The molecule has 1 aromatic rings. The van der Waals surface area contributed by atoms with Crippen LogP contribution >= 0.6 is 12.2 Å². The summed E-state index contributed by atoms with van der Waals surface area (Å²) >= 11 is 4.73. The Labute approximate surface area is 90.5 Å². The minimum absolute atomic E-state index is 0.345. The van der Waals surface area contributed by atoms with E-state index in [9.17, 15) is 0 Å². The molecule has 76 valence electrons. The van der Waals surface area contributed by atoms with Crippen molar-refractivity contribution in [2.75, 3.05) is 0 Å². The molecule has 0 aliphatic rings. The van der Waals surface area contributed by atoms with Crippen molar-refractivity contribution in [2.45, 2.75) is 26.3 Å². The van der Waals surface area contributed by atoms with Crippen LogP contribution in [0.5, 0.6) is 0 Å². The molecule has 0 radical (unpaired) electrons. The van der Waals surface area contributed by atoms with Crippen LogP contribution < -0.4 is 11.1 Å². The van der Waals surface area contributed by atoms with Crippen LogP contribution in [-0.4, -0.2) is 5.11 Å². The third-order valence-corrected chi connectivity index (χ3v) is 2.26. The van der Waals surface area contributed by atoms with Crippen molar-refractivity contribution in [1.29, 1.82) is 0 Å². The maximum atomic E-state index is 5.34. The fourth-order valence-corrected chi connectivity index (χ4v) is 1.28. The van der Waals surface area contributed by atoms with Gasteiger partial charge in [0.1, 0.15) is 0 Å². The number of thiocarbonyl (C=S) groups is 1. The van der Waals surface area contributed by atoms with Gasteiger partial charge in [-0.2, -0.15) is 0 Å². The number of hydrogen-bond acceptors (Lipinski definition) is 1. The molecular formula is C11H16N2S. The van der Waals surface area contributed by atoms with Gasteiger partial charge in [0.15, 0.2) is 5.11 Å². The first-order chi connectivity index (χ1) is 6.59. The molecule has 3 N–H and O–H groups in total. The van der Waals surface area contributed by atoms with Crippen molar-refractivity contribution >= 4 is 17.3 Å². The highest BCUT2D eigenvalue weighted by Gasteiger charge is 1.98. The van der Waals surface area contributed by atoms with Crippen LogP contribution in [-0.2, 0) is 6.54 Å². The highest BCUT2D eigenvalue weighted by Crippen LogP contribution is 2.14. The Bertz CT molecular complexity index is 304. The number of hydrogen-bond donors (Lipinski definition) is 2. The first kappa shape index (κ1) is 11.0. The van der Waals surface area contributed by atoms with E-state index in [0.29, 0.717) is 17.6 Å². The second-order valence-electron chi connectivity index (χ2n) is 3.61. The smallest absolute Gasteiger partial charge is 0.163 e. The summed E-state index contributed by atoms with van der Waals surface area (Å²) in [5.41, 5.74) is 7.89. The standard InChI is InChI=1S/C11H16N2S/c1-8(2)10-5-3-9(4-6-10)7-13-11(12)14/h3-6,8H,7H2,1-2H3,(H3,12,13,14). The van der Waals surface area contributed by atoms with Crippen LogP contribution in [0.25, 0.3) is 0 Å². The van der Waals surface area contributed by atoms with Gasteiger partial charge >= 0.3 is 0 Å². The number of nitrogens with two attached hydrogens (primary N) is 1. The summed E-state index contributed by atoms with van der Waals surface area (Å²) in [6.07, 6.45) is 0. The van der Waals surface area contributed by atoms with E-state index < -0.39 is 0 Å². The average molecular weight is 208 g/mol. The molecule has 0 saturated heterocycles. The summed E-state index contributed by atoms with van der Waals surface area (Å²) < 4.78 is 0. The van der Waals surface area contributed by atoms with Crippen molar-refractivity contribution < 1.29 is 0 Å². The molecule has 0 bridgehead atoms. The normalized spacial score (nSPS) is 10.2. The molecule has 0 fully saturated rings. The first-order valence-electron chi connectivity index (χ1n) is 4.71. The fourth-order valence-electron chi connectivity index (χ4n) is 1.21. The van der Waals surface area contributed by atoms with Gasteiger partial charge in [0.05, 0.1) is 0 Å². The van der Waals surface area contributed by atoms with Gasteiger partial charge in [-0.1, -0.05) is 38.1 Å². The van der Waals surface area contributed by atoms with E-state index in [4.69, 9.17) is 18.0 Å². The van der Waals surface area contributed by atoms with E-state index in [0.717, 1.165) is 0 Å². The molecule has 0 amide bonds. The van der Waals surface area contributed by atoms with Gasteiger partial charge in [-0.25, -0.2) is 0 Å². The summed E-state index contributed by atoms with van der Waals surface area (Å²) in [5.74, 6) is 0.576. The number of nitrogens with one attached hydrogen (secondary N) is 1. The lowest BCUT2D eigenvalue weighted by Crippen LogP contribution is -2.28. The molecule has 0 aliphatic heterocycles. The lowest BCUT2D eigenvalue weighted by Gasteiger charge is -2.07. The number of rotatable bonds is 3. The summed E-state index contributed by atoms with van der Waals surface area (Å²) in [7, 11) is 0. The molecule has 1 aromatic carbocycles. The Kier molecular flexibility index (Phi) is 3.89. The van der Waals surface area contributed by atoms with Gasteiger partial charge in [0, 0.05) is 6.54 Å². The van der Waals surface area contributed by atoms with Gasteiger partial charge in [-0.15, -0.1) is 0 Å². The zero-order valence-electron chi connectivity index (χ0n) is 8.58. The Morgan fingerprint density at radius 2 is 1.93 bits per heavy atom. The SMILES string of the molecule is CC(C)c1ccc(CNC(N)=S)cc1. The molecule has 1 rings (SSSR count). The van der Waals surface area contributed by atoms with Crippen LogP contribution in [0.2, 0.25) is 0 Å². The molecule has 14 heavy (non-hydrogen) atoms. The Morgan fingerprint density at radius 1 is 1.36 bits per heavy atom. The Balaban J connectivity index is 2.59. The topological polar surface area (TPSA) is 38.0 Å². The molecule has 2 nitrogen and oxygen atoms in total. The molecular weight excluding hydrogens is 192 g/mol. The number of benzene rings is 1. The average Bonchev–Trinajstić information content (AvgIpc) is 2.15. The minimum atomic E-state index is 0.345. The van der Waals surface area contributed by atoms with Crippen molar-refractivity contribution in [3.8, 4) is 0 Å². The van der Waals surface area contributed by atoms with Gasteiger partial charge in [-0.3, -0.25) is 0 Å². The fraction of sp³-hybridized carbons (Fsp3) is 0.364. The zero-order chi connectivity index (χ0) is 10.6. The summed E-state index contributed by atoms with van der Waals surface area (Å²) in [6.45, 7) is 5.07. The van der Waals surface area contributed by atoms with Crippen LogP contribution in [0.15, 0.2) is 24.3 Å². The Hall–Kier alpha value is -1.09. The highest BCUT2D eigenvalue weighted by molar-refractivity contribution is 7.80.